The predicted octanol–water partition coefficient (Wildman–Crippen LogP) is 1.90. The van der Waals surface area contributed by atoms with Gasteiger partial charge in [0.15, 0.2) is 5.54 Å². The Labute approximate surface area is 113 Å². The molecule has 0 spiro atoms. The Hall–Kier alpha value is -1.86. The molecule has 1 unspecified atom stereocenters. The van der Waals surface area contributed by atoms with Crippen LogP contribution in [-0.2, 0) is 9.53 Å². The molecule has 2 rings (SSSR count). The summed E-state index contributed by atoms with van der Waals surface area (Å²) in [7, 11) is 0. The number of benzene rings is 1. The van der Waals surface area contributed by atoms with E-state index in [9.17, 15) is 20.0 Å². The molecule has 0 saturated carbocycles. The maximum absolute atomic E-state index is 11.3. The average Bonchev–Trinajstić information content (AvgIpc) is 2.81. The minimum absolute atomic E-state index is 0.0396. The molecule has 1 heterocycles. The quantitative estimate of drug-likeness (QED) is 0.647. The minimum Gasteiger partial charge on any atom is -0.479 e. The van der Waals surface area contributed by atoms with Gasteiger partial charge in [-0.25, -0.2) is 4.79 Å². The fraction of sp³-hybridized carbons (Fsp3) is 0.364. The summed E-state index contributed by atoms with van der Waals surface area (Å²) in [4.78, 5) is 21.7. The fourth-order valence-corrected chi connectivity index (χ4v) is 2.07. The number of nitro groups is 1. The summed E-state index contributed by atoms with van der Waals surface area (Å²) in [6.07, 6.45) is 0.238. The zero-order chi connectivity index (χ0) is 14.0. The van der Waals surface area contributed by atoms with E-state index < -0.39 is 16.4 Å². The number of ether oxygens (including phenoxy) is 1. The molecular weight excluding hydrogens is 276 g/mol. The number of carbonyl (C=O) groups is 1. The van der Waals surface area contributed by atoms with Crippen molar-refractivity contribution in [3.05, 3.63) is 33.3 Å². The van der Waals surface area contributed by atoms with Crippen molar-refractivity contribution in [3.8, 4) is 0 Å². The maximum Gasteiger partial charge on any atom is 0.331 e. The van der Waals surface area contributed by atoms with Gasteiger partial charge in [0, 0.05) is 24.1 Å². The lowest BCUT2D eigenvalue weighted by atomic mass is 9.98. The van der Waals surface area contributed by atoms with E-state index in [2.05, 4.69) is 5.32 Å². The van der Waals surface area contributed by atoms with Gasteiger partial charge in [0.05, 0.1) is 11.5 Å². The van der Waals surface area contributed by atoms with E-state index in [1.807, 2.05) is 0 Å². The van der Waals surface area contributed by atoms with Crippen LogP contribution in [0.2, 0.25) is 5.02 Å². The van der Waals surface area contributed by atoms with Crippen LogP contribution < -0.4 is 5.32 Å². The van der Waals surface area contributed by atoms with Gasteiger partial charge in [-0.3, -0.25) is 10.1 Å². The standard InChI is InChI=1S/C11H11ClN2O5/c12-7-1-2-8(9(5-7)14(17)18)13-11(10(15)16)3-4-19-6-11/h1-2,5,13H,3-4,6H2,(H,15,16). The summed E-state index contributed by atoms with van der Waals surface area (Å²) in [5.74, 6) is -1.10. The number of hydrogen-bond acceptors (Lipinski definition) is 5. The molecule has 1 aromatic rings. The molecule has 1 fully saturated rings. The normalized spacial score (nSPS) is 22.2. The van der Waals surface area contributed by atoms with Gasteiger partial charge < -0.3 is 15.2 Å². The first-order chi connectivity index (χ1) is 8.94. The lowest BCUT2D eigenvalue weighted by Gasteiger charge is -2.24. The molecule has 1 saturated heterocycles. The summed E-state index contributed by atoms with van der Waals surface area (Å²) in [6, 6.07) is 4.03. The van der Waals surface area contributed by atoms with Crippen LogP contribution in [0.4, 0.5) is 11.4 Å². The number of anilines is 1. The van der Waals surface area contributed by atoms with Crippen LogP contribution in [0.5, 0.6) is 0 Å². The predicted molar refractivity (Wildman–Crippen MR) is 67.5 cm³/mol. The van der Waals surface area contributed by atoms with Gasteiger partial charge >= 0.3 is 5.97 Å². The monoisotopic (exact) mass is 286 g/mol. The number of halogens is 1. The molecule has 1 aliphatic heterocycles. The summed E-state index contributed by atoms with van der Waals surface area (Å²) in [5, 5.41) is 23.1. The number of carboxylic acid groups (broad SMARTS) is 1. The second-order valence-corrected chi connectivity index (χ2v) is 4.67. The number of nitro benzene ring substituents is 1. The van der Waals surface area contributed by atoms with Crippen molar-refractivity contribution < 1.29 is 19.6 Å². The van der Waals surface area contributed by atoms with Gasteiger partial charge in [-0.2, -0.15) is 0 Å². The minimum atomic E-state index is -1.33. The molecule has 0 aliphatic carbocycles. The Kier molecular flexibility index (Phi) is 3.59. The van der Waals surface area contributed by atoms with E-state index in [4.69, 9.17) is 16.3 Å². The zero-order valence-corrected chi connectivity index (χ0v) is 10.5. The largest absolute Gasteiger partial charge is 0.479 e. The van der Waals surface area contributed by atoms with Crippen molar-refractivity contribution in [2.45, 2.75) is 12.0 Å². The SMILES string of the molecule is O=C(O)C1(Nc2ccc(Cl)cc2[N+](=O)[O-])CCOC1. The van der Waals surface area contributed by atoms with Crippen LogP contribution in [0.1, 0.15) is 6.42 Å². The molecule has 7 nitrogen and oxygen atoms in total. The Morgan fingerprint density at radius 1 is 1.58 bits per heavy atom. The topological polar surface area (TPSA) is 102 Å². The summed E-state index contributed by atoms with van der Waals surface area (Å²) in [5.41, 5.74) is -1.49. The van der Waals surface area contributed by atoms with Crippen molar-refractivity contribution in [1.29, 1.82) is 0 Å². The Balaban J connectivity index is 2.37. The van der Waals surface area contributed by atoms with Crippen molar-refractivity contribution in [2.24, 2.45) is 0 Å². The summed E-state index contributed by atoms with van der Waals surface area (Å²) >= 11 is 5.70. The lowest BCUT2D eigenvalue weighted by Crippen LogP contribution is -2.47. The van der Waals surface area contributed by atoms with E-state index in [1.54, 1.807) is 0 Å². The van der Waals surface area contributed by atoms with Gasteiger partial charge in [0.1, 0.15) is 5.69 Å². The fourth-order valence-electron chi connectivity index (χ4n) is 1.91. The van der Waals surface area contributed by atoms with Crippen LogP contribution in [0.25, 0.3) is 0 Å². The molecule has 8 heteroatoms. The first kappa shape index (κ1) is 13.6. The van der Waals surface area contributed by atoms with Gasteiger partial charge in [-0.1, -0.05) is 11.6 Å². The third-order valence-electron chi connectivity index (χ3n) is 2.96. The highest BCUT2D eigenvalue weighted by Gasteiger charge is 2.43. The molecular formula is C11H11ClN2O5. The highest BCUT2D eigenvalue weighted by molar-refractivity contribution is 6.30. The van der Waals surface area contributed by atoms with Gasteiger partial charge in [0.2, 0.25) is 0 Å². The number of nitrogens with zero attached hydrogens (tertiary/aromatic N) is 1. The van der Waals surface area contributed by atoms with E-state index in [-0.39, 0.29) is 29.4 Å². The van der Waals surface area contributed by atoms with Crippen molar-refractivity contribution in [3.63, 3.8) is 0 Å². The van der Waals surface area contributed by atoms with Crippen molar-refractivity contribution in [1.82, 2.24) is 0 Å². The molecule has 19 heavy (non-hydrogen) atoms. The molecule has 1 aromatic carbocycles. The van der Waals surface area contributed by atoms with E-state index in [0.717, 1.165) is 0 Å². The molecule has 1 atom stereocenters. The summed E-state index contributed by atoms with van der Waals surface area (Å²) in [6.45, 7) is 0.253. The first-order valence-electron chi connectivity index (χ1n) is 5.48. The third kappa shape index (κ3) is 2.61. The molecule has 2 N–H and O–H groups in total. The van der Waals surface area contributed by atoms with Gasteiger partial charge in [0.25, 0.3) is 5.69 Å². The summed E-state index contributed by atoms with van der Waals surface area (Å²) < 4.78 is 5.08. The molecule has 0 amide bonds. The second-order valence-electron chi connectivity index (χ2n) is 4.23. The number of aliphatic carboxylic acids is 1. The first-order valence-corrected chi connectivity index (χ1v) is 5.86. The Morgan fingerprint density at radius 2 is 2.32 bits per heavy atom. The van der Waals surface area contributed by atoms with Gasteiger partial charge in [-0.15, -0.1) is 0 Å². The number of nitrogens with one attached hydrogen (secondary N) is 1. The molecule has 0 bridgehead atoms. The van der Waals surface area contributed by atoms with Crippen LogP contribution >= 0.6 is 11.6 Å². The van der Waals surface area contributed by atoms with E-state index in [0.29, 0.717) is 6.61 Å². The Morgan fingerprint density at radius 3 is 2.84 bits per heavy atom. The number of carboxylic acids is 1. The van der Waals surface area contributed by atoms with Crippen molar-refractivity contribution >= 4 is 28.9 Å². The van der Waals surface area contributed by atoms with Crippen LogP contribution in [0, 0.1) is 10.1 Å². The number of hydrogen-bond donors (Lipinski definition) is 2. The smallest absolute Gasteiger partial charge is 0.331 e. The highest BCUT2D eigenvalue weighted by Crippen LogP contribution is 2.32. The third-order valence-corrected chi connectivity index (χ3v) is 3.20. The maximum atomic E-state index is 11.3. The zero-order valence-electron chi connectivity index (χ0n) is 9.76. The number of rotatable bonds is 4. The molecule has 1 aliphatic rings. The molecule has 0 radical (unpaired) electrons. The van der Waals surface area contributed by atoms with Crippen LogP contribution in [0.15, 0.2) is 18.2 Å². The Bertz CT molecular complexity index is 528. The van der Waals surface area contributed by atoms with Crippen LogP contribution in [-0.4, -0.2) is 34.8 Å². The van der Waals surface area contributed by atoms with E-state index in [1.165, 1.54) is 18.2 Å². The molecule has 0 aromatic heterocycles. The van der Waals surface area contributed by atoms with E-state index >= 15 is 0 Å². The average molecular weight is 287 g/mol. The second kappa shape index (κ2) is 5.02. The van der Waals surface area contributed by atoms with Gasteiger partial charge in [-0.05, 0) is 12.1 Å². The lowest BCUT2D eigenvalue weighted by molar-refractivity contribution is -0.384. The molecule has 102 valence electrons. The van der Waals surface area contributed by atoms with Crippen LogP contribution in [0.3, 0.4) is 0 Å². The highest BCUT2D eigenvalue weighted by atomic mass is 35.5. The van der Waals surface area contributed by atoms with Crippen molar-refractivity contribution in [2.75, 3.05) is 18.5 Å².